The summed E-state index contributed by atoms with van der Waals surface area (Å²) < 4.78 is 6.89. The van der Waals surface area contributed by atoms with Gasteiger partial charge in [0.1, 0.15) is 0 Å². The molecule has 130 valence electrons. The standard InChI is InChI=1S/C18H24ClN3O2/c1-13-17(12-18(23)21(3)10-5-11-24-4)14(2)22(20-13)16-8-6-15(19)7-9-16/h6-9H,5,10-12H2,1-4H3. The molecule has 1 aromatic carbocycles. The van der Waals surface area contributed by atoms with Gasteiger partial charge >= 0.3 is 0 Å². The molecule has 5 nitrogen and oxygen atoms in total. The number of ether oxygens (including phenoxy) is 1. The number of halogens is 1. The molecule has 0 saturated heterocycles. The molecule has 0 aliphatic heterocycles. The van der Waals surface area contributed by atoms with Crippen molar-refractivity contribution in [3.8, 4) is 5.69 Å². The van der Waals surface area contributed by atoms with Gasteiger partial charge in [-0.15, -0.1) is 0 Å². The molecular formula is C18H24ClN3O2. The van der Waals surface area contributed by atoms with E-state index in [1.165, 1.54) is 0 Å². The molecule has 0 atom stereocenters. The molecule has 0 spiro atoms. The molecule has 6 heteroatoms. The average molecular weight is 350 g/mol. The first-order valence-corrected chi connectivity index (χ1v) is 8.35. The third kappa shape index (κ3) is 4.36. The number of nitrogens with zero attached hydrogens (tertiary/aromatic N) is 3. The third-order valence-electron chi connectivity index (χ3n) is 4.11. The average Bonchev–Trinajstić information content (AvgIpc) is 2.84. The smallest absolute Gasteiger partial charge is 0.226 e. The zero-order valence-electron chi connectivity index (χ0n) is 14.7. The van der Waals surface area contributed by atoms with E-state index in [0.29, 0.717) is 24.6 Å². The highest BCUT2D eigenvalue weighted by Crippen LogP contribution is 2.20. The lowest BCUT2D eigenvalue weighted by Crippen LogP contribution is -2.30. The van der Waals surface area contributed by atoms with Crippen molar-refractivity contribution in [3.05, 3.63) is 46.2 Å². The second-order valence-corrected chi connectivity index (χ2v) is 6.31. The van der Waals surface area contributed by atoms with Gasteiger partial charge in [0.2, 0.25) is 5.91 Å². The van der Waals surface area contributed by atoms with Gasteiger partial charge in [-0.05, 0) is 44.5 Å². The number of benzene rings is 1. The third-order valence-corrected chi connectivity index (χ3v) is 4.36. The lowest BCUT2D eigenvalue weighted by molar-refractivity contribution is -0.129. The fourth-order valence-electron chi connectivity index (χ4n) is 2.62. The zero-order chi connectivity index (χ0) is 17.7. The predicted molar refractivity (Wildman–Crippen MR) is 95.9 cm³/mol. The van der Waals surface area contributed by atoms with Crippen LogP contribution in [0.1, 0.15) is 23.4 Å². The van der Waals surface area contributed by atoms with Crippen LogP contribution in [-0.2, 0) is 16.0 Å². The van der Waals surface area contributed by atoms with E-state index in [1.54, 1.807) is 12.0 Å². The zero-order valence-corrected chi connectivity index (χ0v) is 15.4. The maximum Gasteiger partial charge on any atom is 0.226 e. The minimum absolute atomic E-state index is 0.0907. The number of amides is 1. The van der Waals surface area contributed by atoms with E-state index >= 15 is 0 Å². The summed E-state index contributed by atoms with van der Waals surface area (Å²) in [4.78, 5) is 14.2. The van der Waals surface area contributed by atoms with E-state index in [4.69, 9.17) is 16.3 Å². The molecule has 2 rings (SSSR count). The maximum absolute atomic E-state index is 12.4. The Morgan fingerprint density at radius 3 is 2.58 bits per heavy atom. The van der Waals surface area contributed by atoms with Crippen LogP contribution in [0.2, 0.25) is 5.02 Å². The van der Waals surface area contributed by atoms with Gasteiger partial charge < -0.3 is 9.64 Å². The molecule has 2 aromatic rings. The summed E-state index contributed by atoms with van der Waals surface area (Å²) >= 11 is 5.94. The number of carbonyl (C=O) groups excluding carboxylic acids is 1. The highest BCUT2D eigenvalue weighted by atomic mass is 35.5. The number of likely N-dealkylation sites (N-methyl/N-ethyl adjacent to an activating group) is 1. The molecule has 0 aliphatic carbocycles. The summed E-state index contributed by atoms with van der Waals surface area (Å²) in [5.74, 6) is 0.0907. The summed E-state index contributed by atoms with van der Waals surface area (Å²) in [6.45, 7) is 5.27. The summed E-state index contributed by atoms with van der Waals surface area (Å²) in [6.07, 6.45) is 1.19. The van der Waals surface area contributed by atoms with Crippen molar-refractivity contribution in [3.63, 3.8) is 0 Å². The number of carbonyl (C=O) groups is 1. The Bertz CT molecular complexity index is 695. The molecule has 0 radical (unpaired) electrons. The maximum atomic E-state index is 12.4. The first-order valence-electron chi connectivity index (χ1n) is 7.98. The van der Waals surface area contributed by atoms with Gasteiger partial charge in [0.15, 0.2) is 0 Å². The molecule has 24 heavy (non-hydrogen) atoms. The highest BCUT2D eigenvalue weighted by molar-refractivity contribution is 6.30. The van der Waals surface area contributed by atoms with E-state index in [-0.39, 0.29) is 5.91 Å². The Hall–Kier alpha value is -1.85. The molecule has 1 aromatic heterocycles. The normalized spacial score (nSPS) is 10.9. The number of methoxy groups -OCH3 is 1. The lowest BCUT2D eigenvalue weighted by Gasteiger charge is -2.17. The van der Waals surface area contributed by atoms with E-state index in [0.717, 1.165) is 29.1 Å². The van der Waals surface area contributed by atoms with Gasteiger partial charge in [0, 0.05) is 43.6 Å². The Balaban J connectivity index is 2.14. The second kappa shape index (κ2) is 8.31. The van der Waals surface area contributed by atoms with Gasteiger partial charge in [0.25, 0.3) is 0 Å². The first-order chi connectivity index (χ1) is 11.4. The van der Waals surface area contributed by atoms with Gasteiger partial charge in [-0.25, -0.2) is 4.68 Å². The largest absolute Gasteiger partial charge is 0.385 e. The van der Waals surface area contributed by atoms with E-state index in [1.807, 2.05) is 49.8 Å². The number of hydrogen-bond acceptors (Lipinski definition) is 3. The fourth-order valence-corrected chi connectivity index (χ4v) is 2.75. The number of aryl methyl sites for hydroxylation is 1. The Morgan fingerprint density at radius 1 is 1.29 bits per heavy atom. The molecule has 0 bridgehead atoms. The van der Waals surface area contributed by atoms with Gasteiger partial charge in [-0.2, -0.15) is 5.10 Å². The van der Waals surface area contributed by atoms with Crippen LogP contribution in [0, 0.1) is 13.8 Å². The van der Waals surface area contributed by atoms with Crippen LogP contribution in [0.4, 0.5) is 0 Å². The quantitative estimate of drug-likeness (QED) is 0.721. The van der Waals surface area contributed by atoms with Crippen LogP contribution in [0.3, 0.4) is 0 Å². The molecule has 1 heterocycles. The molecule has 0 aliphatic rings. The van der Waals surface area contributed by atoms with Crippen molar-refractivity contribution >= 4 is 17.5 Å². The van der Waals surface area contributed by atoms with Crippen LogP contribution in [0.5, 0.6) is 0 Å². The highest BCUT2D eigenvalue weighted by Gasteiger charge is 2.18. The molecule has 0 unspecified atom stereocenters. The number of hydrogen-bond donors (Lipinski definition) is 0. The topological polar surface area (TPSA) is 47.4 Å². The summed E-state index contributed by atoms with van der Waals surface area (Å²) in [5, 5.41) is 5.27. The van der Waals surface area contributed by atoms with E-state index < -0.39 is 0 Å². The summed E-state index contributed by atoms with van der Waals surface area (Å²) in [7, 11) is 3.49. The van der Waals surface area contributed by atoms with Gasteiger partial charge in [-0.3, -0.25) is 4.79 Å². The van der Waals surface area contributed by atoms with Crippen molar-refractivity contribution in [2.45, 2.75) is 26.7 Å². The van der Waals surface area contributed by atoms with Crippen molar-refractivity contribution in [1.29, 1.82) is 0 Å². The fraction of sp³-hybridized carbons (Fsp3) is 0.444. The van der Waals surface area contributed by atoms with Crippen LogP contribution < -0.4 is 0 Å². The number of aromatic nitrogens is 2. The molecule has 0 fully saturated rings. The minimum atomic E-state index is 0.0907. The van der Waals surface area contributed by atoms with Crippen molar-refractivity contribution in [2.24, 2.45) is 0 Å². The molecule has 0 saturated carbocycles. The van der Waals surface area contributed by atoms with Crippen molar-refractivity contribution in [2.75, 3.05) is 27.3 Å². The molecule has 1 amide bonds. The van der Waals surface area contributed by atoms with Gasteiger partial charge in [-0.1, -0.05) is 11.6 Å². The number of rotatable bonds is 7. The predicted octanol–water partition coefficient (Wildman–Crippen LogP) is 3.18. The van der Waals surface area contributed by atoms with E-state index in [2.05, 4.69) is 5.10 Å². The SMILES string of the molecule is COCCCN(C)C(=O)Cc1c(C)nn(-c2ccc(Cl)cc2)c1C. The van der Waals surface area contributed by atoms with Gasteiger partial charge in [0.05, 0.1) is 17.8 Å². The molecule has 0 N–H and O–H groups in total. The Labute approximate surface area is 148 Å². The first kappa shape index (κ1) is 18.5. The van der Waals surface area contributed by atoms with Crippen LogP contribution in [0.25, 0.3) is 5.69 Å². The van der Waals surface area contributed by atoms with Crippen LogP contribution in [0.15, 0.2) is 24.3 Å². The Kier molecular flexibility index (Phi) is 6.40. The minimum Gasteiger partial charge on any atom is -0.385 e. The van der Waals surface area contributed by atoms with Crippen LogP contribution >= 0.6 is 11.6 Å². The Morgan fingerprint density at radius 2 is 1.96 bits per heavy atom. The lowest BCUT2D eigenvalue weighted by atomic mass is 10.1. The molecular weight excluding hydrogens is 326 g/mol. The van der Waals surface area contributed by atoms with E-state index in [9.17, 15) is 4.79 Å². The van der Waals surface area contributed by atoms with Crippen molar-refractivity contribution in [1.82, 2.24) is 14.7 Å². The van der Waals surface area contributed by atoms with Crippen molar-refractivity contribution < 1.29 is 9.53 Å². The summed E-state index contributed by atoms with van der Waals surface area (Å²) in [5.41, 5.74) is 3.77. The monoisotopic (exact) mass is 349 g/mol. The second-order valence-electron chi connectivity index (χ2n) is 5.88. The summed E-state index contributed by atoms with van der Waals surface area (Å²) in [6, 6.07) is 7.51. The van der Waals surface area contributed by atoms with Crippen LogP contribution in [-0.4, -0.2) is 47.9 Å².